The summed E-state index contributed by atoms with van der Waals surface area (Å²) in [6, 6.07) is 4.83. The van der Waals surface area contributed by atoms with Gasteiger partial charge in [0, 0.05) is 48.9 Å². The first-order valence-electron chi connectivity index (χ1n) is 9.67. The van der Waals surface area contributed by atoms with Gasteiger partial charge in [0.1, 0.15) is 5.76 Å². The Bertz CT molecular complexity index is 829. The smallest absolute Gasteiger partial charge is 0.339 e. The average Bonchev–Trinajstić information content (AvgIpc) is 2.69. The number of benzene rings is 1. The van der Waals surface area contributed by atoms with Gasteiger partial charge < -0.3 is 19.7 Å². The Morgan fingerprint density at radius 3 is 2.96 bits per heavy atom. The Morgan fingerprint density at radius 1 is 1.46 bits per heavy atom. The monoisotopic (exact) mass is 386 g/mol. The summed E-state index contributed by atoms with van der Waals surface area (Å²) in [4.78, 5) is 14.9. The van der Waals surface area contributed by atoms with Crippen molar-refractivity contribution in [2.24, 2.45) is 0 Å². The van der Waals surface area contributed by atoms with Crippen LogP contribution in [0.4, 0.5) is 4.39 Å². The maximum Gasteiger partial charge on any atom is 0.339 e. The van der Waals surface area contributed by atoms with Gasteiger partial charge in [-0.15, -0.1) is 0 Å². The van der Waals surface area contributed by atoms with Crippen LogP contribution in [0, 0.1) is 5.82 Å². The number of methoxy groups -OCH3 is 1. The zero-order valence-electron chi connectivity index (χ0n) is 16.6. The van der Waals surface area contributed by atoms with Crippen LogP contribution in [0.5, 0.6) is 5.75 Å². The summed E-state index contributed by atoms with van der Waals surface area (Å²) in [5.41, 5.74) is 2.29. The van der Waals surface area contributed by atoms with Crippen LogP contribution >= 0.6 is 0 Å². The molecule has 2 aliphatic heterocycles. The number of allylic oxidation sites excluding steroid dienone is 3. The number of nitrogens with one attached hydrogen (secondary N) is 1. The third-order valence-electron chi connectivity index (χ3n) is 4.88. The second-order valence-corrected chi connectivity index (χ2v) is 7.02. The molecule has 1 atom stereocenters. The van der Waals surface area contributed by atoms with E-state index < -0.39 is 5.82 Å². The second kappa shape index (κ2) is 9.06. The highest BCUT2D eigenvalue weighted by atomic mass is 19.1. The van der Waals surface area contributed by atoms with Crippen LogP contribution in [0.2, 0.25) is 0 Å². The van der Waals surface area contributed by atoms with Gasteiger partial charge >= 0.3 is 5.97 Å². The second-order valence-electron chi connectivity index (χ2n) is 7.02. The summed E-state index contributed by atoms with van der Waals surface area (Å²) >= 11 is 0. The molecule has 0 aliphatic carbocycles. The molecule has 1 saturated heterocycles. The molecule has 1 aromatic carbocycles. The minimum absolute atomic E-state index is 0.122. The van der Waals surface area contributed by atoms with Crippen molar-refractivity contribution in [1.29, 1.82) is 0 Å². The van der Waals surface area contributed by atoms with Crippen molar-refractivity contribution in [3.63, 3.8) is 0 Å². The normalized spacial score (nSPS) is 22.1. The van der Waals surface area contributed by atoms with Crippen molar-refractivity contribution in [1.82, 2.24) is 10.2 Å². The van der Waals surface area contributed by atoms with E-state index in [9.17, 15) is 9.18 Å². The van der Waals surface area contributed by atoms with Crippen molar-refractivity contribution in [2.45, 2.75) is 32.7 Å². The first kappa shape index (κ1) is 20.1. The molecule has 1 fully saturated rings. The maximum atomic E-state index is 13.6. The largest absolute Gasteiger partial charge is 0.494 e. The molecule has 3 rings (SSSR count). The van der Waals surface area contributed by atoms with Crippen LogP contribution in [-0.4, -0.2) is 43.7 Å². The van der Waals surface area contributed by atoms with Crippen LogP contribution in [0.1, 0.15) is 32.3 Å². The number of hydrogen-bond acceptors (Lipinski definition) is 5. The fourth-order valence-electron chi connectivity index (χ4n) is 3.43. The molecule has 0 spiro atoms. The van der Waals surface area contributed by atoms with Gasteiger partial charge in [-0.3, -0.25) is 0 Å². The number of esters is 1. The number of ether oxygens (including phenoxy) is 2. The highest BCUT2D eigenvalue weighted by Crippen LogP contribution is 2.29. The number of nitrogens with zero attached hydrogens (tertiary/aromatic N) is 1. The fourth-order valence-corrected chi connectivity index (χ4v) is 3.43. The lowest BCUT2D eigenvalue weighted by Gasteiger charge is -2.34. The van der Waals surface area contributed by atoms with E-state index >= 15 is 0 Å². The van der Waals surface area contributed by atoms with Gasteiger partial charge in [0.25, 0.3) is 0 Å². The lowest BCUT2D eigenvalue weighted by molar-refractivity contribution is -0.132. The molecule has 0 radical (unpaired) electrons. The van der Waals surface area contributed by atoms with Crippen molar-refractivity contribution in [3.05, 3.63) is 59.1 Å². The SMILES string of the molecule is CC/C=C(\C=C1/CC=C(c2ccc(F)c(OC)c2)OC1=O)N1CCN[C@@H](C)C1. The van der Waals surface area contributed by atoms with Crippen molar-refractivity contribution >= 4 is 11.7 Å². The molecule has 0 unspecified atom stereocenters. The van der Waals surface area contributed by atoms with Crippen LogP contribution in [0.3, 0.4) is 0 Å². The van der Waals surface area contributed by atoms with Gasteiger partial charge in [-0.1, -0.05) is 13.0 Å². The van der Waals surface area contributed by atoms with E-state index in [0.29, 0.717) is 29.4 Å². The third kappa shape index (κ3) is 4.62. The molecule has 0 aromatic heterocycles. The minimum atomic E-state index is -0.450. The van der Waals surface area contributed by atoms with E-state index in [0.717, 1.165) is 31.8 Å². The molecule has 1 N–H and O–H groups in total. The van der Waals surface area contributed by atoms with E-state index in [1.54, 1.807) is 6.07 Å². The summed E-state index contributed by atoms with van der Waals surface area (Å²) in [6.07, 6.45) is 7.29. The Balaban J connectivity index is 1.81. The number of halogens is 1. The topological polar surface area (TPSA) is 50.8 Å². The average molecular weight is 386 g/mol. The molecule has 0 amide bonds. The summed E-state index contributed by atoms with van der Waals surface area (Å²) in [7, 11) is 1.41. The third-order valence-corrected chi connectivity index (χ3v) is 4.88. The Kier molecular flexibility index (Phi) is 6.52. The quantitative estimate of drug-likeness (QED) is 0.619. The van der Waals surface area contributed by atoms with Crippen LogP contribution < -0.4 is 10.1 Å². The molecule has 2 heterocycles. The molecule has 150 valence electrons. The standard InChI is InChI=1S/C22H27FN2O3/c1-4-5-18(25-11-10-24-15(2)14-25)12-17-7-9-20(28-22(17)26)16-6-8-19(23)21(13-16)27-3/h5-6,8-9,12-13,15,24H,4,7,10-11,14H2,1-3H3/b17-12+,18-5+/t15-/m0/s1. The lowest BCUT2D eigenvalue weighted by atomic mass is 10.0. The summed E-state index contributed by atoms with van der Waals surface area (Å²) < 4.78 is 24.2. The van der Waals surface area contributed by atoms with E-state index in [1.807, 2.05) is 12.2 Å². The van der Waals surface area contributed by atoms with E-state index in [2.05, 4.69) is 30.1 Å². The highest BCUT2D eigenvalue weighted by Gasteiger charge is 2.23. The molecule has 2 aliphatic rings. The molecule has 0 saturated carbocycles. The van der Waals surface area contributed by atoms with Gasteiger partial charge in [-0.05, 0) is 43.7 Å². The lowest BCUT2D eigenvalue weighted by Crippen LogP contribution is -2.48. The number of hydrogen-bond donors (Lipinski definition) is 1. The minimum Gasteiger partial charge on any atom is -0.494 e. The molecular weight excluding hydrogens is 359 g/mol. The van der Waals surface area contributed by atoms with Crippen molar-refractivity contribution in [2.75, 3.05) is 26.7 Å². The Labute approximate surface area is 165 Å². The molecular formula is C22H27FN2O3. The van der Waals surface area contributed by atoms with Crippen LogP contribution in [0.15, 0.2) is 47.7 Å². The predicted octanol–water partition coefficient (Wildman–Crippen LogP) is 3.64. The van der Waals surface area contributed by atoms with E-state index in [1.165, 1.54) is 19.2 Å². The van der Waals surface area contributed by atoms with Gasteiger partial charge in [0.2, 0.25) is 0 Å². The van der Waals surface area contributed by atoms with Gasteiger partial charge in [-0.25, -0.2) is 9.18 Å². The molecule has 6 heteroatoms. The molecule has 0 bridgehead atoms. The van der Waals surface area contributed by atoms with Crippen molar-refractivity contribution < 1.29 is 18.7 Å². The summed E-state index contributed by atoms with van der Waals surface area (Å²) in [5.74, 6) is -0.269. The van der Waals surface area contributed by atoms with Crippen LogP contribution in [-0.2, 0) is 9.53 Å². The van der Waals surface area contributed by atoms with Gasteiger partial charge in [-0.2, -0.15) is 0 Å². The Morgan fingerprint density at radius 2 is 2.29 bits per heavy atom. The van der Waals surface area contributed by atoms with Crippen LogP contribution in [0.25, 0.3) is 5.76 Å². The number of carbonyl (C=O) groups excluding carboxylic acids is 1. The maximum absolute atomic E-state index is 13.6. The van der Waals surface area contributed by atoms with Crippen molar-refractivity contribution in [3.8, 4) is 5.75 Å². The molecule has 28 heavy (non-hydrogen) atoms. The zero-order chi connectivity index (χ0) is 20.1. The number of piperazine rings is 1. The van der Waals surface area contributed by atoms with Gasteiger partial charge in [0.05, 0.1) is 7.11 Å². The van der Waals surface area contributed by atoms with E-state index in [4.69, 9.17) is 9.47 Å². The first-order chi connectivity index (χ1) is 13.5. The predicted molar refractivity (Wildman–Crippen MR) is 107 cm³/mol. The first-order valence-corrected chi connectivity index (χ1v) is 9.67. The van der Waals surface area contributed by atoms with Gasteiger partial charge in [0.15, 0.2) is 11.6 Å². The summed E-state index contributed by atoms with van der Waals surface area (Å²) in [6.45, 7) is 6.98. The zero-order valence-corrected chi connectivity index (χ0v) is 16.6. The Hall–Kier alpha value is -2.60. The summed E-state index contributed by atoms with van der Waals surface area (Å²) in [5, 5.41) is 3.43. The highest BCUT2D eigenvalue weighted by molar-refractivity contribution is 5.95. The number of cyclic esters (lactones) is 1. The number of rotatable bonds is 5. The molecule has 1 aromatic rings. The number of carbonyl (C=O) groups is 1. The molecule has 5 nitrogen and oxygen atoms in total. The fraction of sp³-hybridized carbons (Fsp3) is 0.409. The van der Waals surface area contributed by atoms with E-state index in [-0.39, 0.29) is 11.7 Å².